The molecule has 0 heterocycles. The maximum Gasteiger partial charge on any atom is 0.511 e. The number of rotatable bonds is 2. The molecule has 0 amide bonds. The zero-order chi connectivity index (χ0) is 14.8. The minimum Gasteiger partial charge on any atom is -0.449 e. The standard InChI is InChI=1S/C17H11ClO3/c18-15-8-4-3-7-13(15)14-10-9-11-5-1-2-6-12(11)16(14)21-17(19)20/h1-10H,(H,19,20). The second kappa shape index (κ2) is 5.46. The summed E-state index contributed by atoms with van der Waals surface area (Å²) in [7, 11) is 0. The van der Waals surface area contributed by atoms with E-state index in [9.17, 15) is 4.79 Å². The van der Waals surface area contributed by atoms with Gasteiger partial charge in [0, 0.05) is 21.5 Å². The van der Waals surface area contributed by atoms with Crippen molar-refractivity contribution in [2.75, 3.05) is 0 Å². The van der Waals surface area contributed by atoms with Crippen molar-refractivity contribution < 1.29 is 14.6 Å². The van der Waals surface area contributed by atoms with Crippen LogP contribution in [0.4, 0.5) is 4.79 Å². The molecule has 0 saturated carbocycles. The van der Waals surface area contributed by atoms with E-state index in [4.69, 9.17) is 21.4 Å². The average molecular weight is 299 g/mol. The first-order valence-electron chi connectivity index (χ1n) is 6.34. The van der Waals surface area contributed by atoms with E-state index >= 15 is 0 Å². The fourth-order valence-electron chi connectivity index (χ4n) is 2.33. The smallest absolute Gasteiger partial charge is 0.449 e. The predicted molar refractivity (Wildman–Crippen MR) is 83.0 cm³/mol. The summed E-state index contributed by atoms with van der Waals surface area (Å²) in [6.07, 6.45) is -1.35. The van der Waals surface area contributed by atoms with Crippen LogP contribution in [0.5, 0.6) is 5.75 Å². The quantitative estimate of drug-likeness (QED) is 0.521. The Morgan fingerprint density at radius 1 is 0.905 bits per heavy atom. The average Bonchev–Trinajstić information content (AvgIpc) is 2.48. The van der Waals surface area contributed by atoms with Crippen LogP contribution < -0.4 is 4.74 Å². The van der Waals surface area contributed by atoms with Gasteiger partial charge in [0.05, 0.1) is 0 Å². The van der Waals surface area contributed by atoms with Crippen molar-refractivity contribution in [1.29, 1.82) is 0 Å². The Labute approximate surface area is 126 Å². The molecule has 0 saturated heterocycles. The highest BCUT2D eigenvalue weighted by molar-refractivity contribution is 6.33. The molecule has 0 aliphatic carbocycles. The second-order valence-corrected chi connectivity index (χ2v) is 4.92. The highest BCUT2D eigenvalue weighted by Crippen LogP contribution is 2.39. The molecular formula is C17H11ClO3. The van der Waals surface area contributed by atoms with Crippen molar-refractivity contribution >= 4 is 28.5 Å². The third kappa shape index (κ3) is 2.56. The Bertz CT molecular complexity index is 827. The number of ether oxygens (including phenoxy) is 1. The summed E-state index contributed by atoms with van der Waals surface area (Å²) in [6.45, 7) is 0. The van der Waals surface area contributed by atoms with Gasteiger partial charge in [0.15, 0.2) is 0 Å². The summed E-state index contributed by atoms with van der Waals surface area (Å²) in [6, 6.07) is 18.5. The lowest BCUT2D eigenvalue weighted by molar-refractivity contribution is 0.145. The minimum absolute atomic E-state index is 0.300. The summed E-state index contributed by atoms with van der Waals surface area (Å²) >= 11 is 6.22. The lowest BCUT2D eigenvalue weighted by atomic mass is 9.99. The molecule has 1 N–H and O–H groups in total. The Balaban J connectivity index is 2.32. The largest absolute Gasteiger partial charge is 0.511 e. The number of hydrogen-bond donors (Lipinski definition) is 1. The summed E-state index contributed by atoms with van der Waals surface area (Å²) in [5.41, 5.74) is 1.39. The van der Waals surface area contributed by atoms with Crippen LogP contribution in [0.15, 0.2) is 60.7 Å². The molecule has 3 rings (SSSR count). The van der Waals surface area contributed by atoms with E-state index in [1.807, 2.05) is 54.6 Å². The molecule has 0 atom stereocenters. The number of benzene rings is 3. The van der Waals surface area contributed by atoms with E-state index in [1.54, 1.807) is 6.07 Å². The summed E-state index contributed by atoms with van der Waals surface area (Å²) in [5, 5.41) is 11.2. The molecule has 0 aliphatic rings. The van der Waals surface area contributed by atoms with E-state index < -0.39 is 6.16 Å². The summed E-state index contributed by atoms with van der Waals surface area (Å²) in [5.74, 6) is 0.300. The van der Waals surface area contributed by atoms with Crippen LogP contribution >= 0.6 is 11.6 Å². The van der Waals surface area contributed by atoms with E-state index in [0.29, 0.717) is 16.3 Å². The highest BCUT2D eigenvalue weighted by Gasteiger charge is 2.15. The van der Waals surface area contributed by atoms with Gasteiger partial charge in [-0.25, -0.2) is 4.79 Å². The SMILES string of the molecule is O=C(O)Oc1c(-c2ccccc2Cl)ccc2ccccc12. The van der Waals surface area contributed by atoms with Crippen molar-refractivity contribution in [1.82, 2.24) is 0 Å². The van der Waals surface area contributed by atoms with Gasteiger partial charge in [0.2, 0.25) is 0 Å². The molecule has 3 aromatic carbocycles. The molecule has 0 radical (unpaired) electrons. The van der Waals surface area contributed by atoms with E-state index in [2.05, 4.69) is 0 Å². The third-order valence-electron chi connectivity index (χ3n) is 3.23. The molecule has 0 bridgehead atoms. The number of carboxylic acid groups (broad SMARTS) is 1. The maximum atomic E-state index is 11.0. The molecular weight excluding hydrogens is 288 g/mol. The number of carbonyl (C=O) groups is 1. The van der Waals surface area contributed by atoms with Gasteiger partial charge in [0.1, 0.15) is 5.75 Å². The first-order chi connectivity index (χ1) is 10.2. The van der Waals surface area contributed by atoms with E-state index in [0.717, 1.165) is 16.3 Å². The molecule has 0 aliphatic heterocycles. The van der Waals surface area contributed by atoms with Crippen LogP contribution in [0.3, 0.4) is 0 Å². The molecule has 104 valence electrons. The van der Waals surface area contributed by atoms with Crippen LogP contribution in [0.1, 0.15) is 0 Å². The molecule has 0 fully saturated rings. The van der Waals surface area contributed by atoms with Gasteiger partial charge in [-0.05, 0) is 17.5 Å². The van der Waals surface area contributed by atoms with Gasteiger partial charge in [0.25, 0.3) is 0 Å². The topological polar surface area (TPSA) is 46.5 Å². The van der Waals surface area contributed by atoms with Gasteiger partial charge < -0.3 is 9.84 Å². The van der Waals surface area contributed by atoms with Crippen LogP contribution in [0.2, 0.25) is 5.02 Å². The first-order valence-corrected chi connectivity index (χ1v) is 6.72. The van der Waals surface area contributed by atoms with Gasteiger partial charge >= 0.3 is 6.16 Å². The molecule has 0 unspecified atom stereocenters. The van der Waals surface area contributed by atoms with Gasteiger partial charge in [-0.15, -0.1) is 0 Å². The Hall–Kier alpha value is -2.52. The van der Waals surface area contributed by atoms with E-state index in [1.165, 1.54) is 0 Å². The van der Waals surface area contributed by atoms with Gasteiger partial charge in [-0.3, -0.25) is 0 Å². The molecule has 21 heavy (non-hydrogen) atoms. The van der Waals surface area contributed by atoms with Crippen LogP contribution in [-0.2, 0) is 0 Å². The fraction of sp³-hybridized carbons (Fsp3) is 0. The summed E-state index contributed by atoms with van der Waals surface area (Å²) < 4.78 is 5.03. The van der Waals surface area contributed by atoms with Crippen molar-refractivity contribution in [2.24, 2.45) is 0 Å². The van der Waals surface area contributed by atoms with Crippen LogP contribution in [0, 0.1) is 0 Å². The molecule has 3 aromatic rings. The summed E-state index contributed by atoms with van der Waals surface area (Å²) in [4.78, 5) is 11.0. The fourth-order valence-corrected chi connectivity index (χ4v) is 2.57. The Morgan fingerprint density at radius 2 is 1.62 bits per heavy atom. The normalized spacial score (nSPS) is 10.5. The Kier molecular flexibility index (Phi) is 3.50. The molecule has 3 nitrogen and oxygen atoms in total. The maximum absolute atomic E-state index is 11.0. The second-order valence-electron chi connectivity index (χ2n) is 4.51. The number of hydrogen-bond acceptors (Lipinski definition) is 2. The van der Waals surface area contributed by atoms with Crippen LogP contribution in [0.25, 0.3) is 21.9 Å². The molecule has 0 spiro atoms. The third-order valence-corrected chi connectivity index (χ3v) is 3.56. The van der Waals surface area contributed by atoms with Gasteiger partial charge in [-0.1, -0.05) is 60.1 Å². The zero-order valence-electron chi connectivity index (χ0n) is 10.9. The van der Waals surface area contributed by atoms with Crippen molar-refractivity contribution in [3.8, 4) is 16.9 Å². The lowest BCUT2D eigenvalue weighted by Crippen LogP contribution is -2.04. The molecule has 4 heteroatoms. The zero-order valence-corrected chi connectivity index (χ0v) is 11.7. The molecule has 0 aromatic heterocycles. The monoisotopic (exact) mass is 298 g/mol. The predicted octanol–water partition coefficient (Wildman–Crippen LogP) is 5.22. The lowest BCUT2D eigenvalue weighted by Gasteiger charge is -2.12. The van der Waals surface area contributed by atoms with Crippen molar-refractivity contribution in [2.45, 2.75) is 0 Å². The minimum atomic E-state index is -1.35. The van der Waals surface area contributed by atoms with Gasteiger partial charge in [-0.2, -0.15) is 0 Å². The Morgan fingerprint density at radius 3 is 2.38 bits per heavy atom. The highest BCUT2D eigenvalue weighted by atomic mass is 35.5. The van der Waals surface area contributed by atoms with Crippen molar-refractivity contribution in [3.05, 3.63) is 65.7 Å². The number of fused-ring (bicyclic) bond motifs is 1. The van der Waals surface area contributed by atoms with Crippen molar-refractivity contribution in [3.63, 3.8) is 0 Å². The van der Waals surface area contributed by atoms with E-state index in [-0.39, 0.29) is 0 Å². The van der Waals surface area contributed by atoms with Crippen LogP contribution in [-0.4, -0.2) is 11.3 Å². The first kappa shape index (κ1) is 13.5. The number of halogens is 1.